The summed E-state index contributed by atoms with van der Waals surface area (Å²) >= 11 is 0. The molecule has 2 aromatic rings. The van der Waals surface area contributed by atoms with E-state index in [1.54, 1.807) is 0 Å². The lowest BCUT2D eigenvalue weighted by molar-refractivity contribution is -0.384. The van der Waals surface area contributed by atoms with Crippen LogP contribution in [0.2, 0.25) is 0 Å². The van der Waals surface area contributed by atoms with Crippen molar-refractivity contribution in [1.29, 1.82) is 5.26 Å². The van der Waals surface area contributed by atoms with E-state index < -0.39 is 4.92 Å². The maximum atomic E-state index is 11.6. The third-order valence-corrected chi connectivity index (χ3v) is 3.18. The second kappa shape index (κ2) is 7.85. The van der Waals surface area contributed by atoms with E-state index in [9.17, 15) is 20.2 Å². The van der Waals surface area contributed by atoms with E-state index in [0.717, 1.165) is 0 Å². The molecule has 124 valence electrons. The lowest BCUT2D eigenvalue weighted by Gasteiger charge is -2.08. The molecule has 9 nitrogen and oxygen atoms in total. The quantitative estimate of drug-likeness (QED) is 0.443. The Labute approximate surface area is 137 Å². The number of hydrogen-bond donors (Lipinski definition) is 2. The smallest absolute Gasteiger partial charge is 0.270 e. The average Bonchev–Trinajstić information content (AvgIpc) is 2.58. The Balaban J connectivity index is 2.18. The zero-order valence-electron chi connectivity index (χ0n) is 12.9. The van der Waals surface area contributed by atoms with Gasteiger partial charge in [-0.15, -0.1) is 0 Å². The molecule has 1 heterocycles. The number of aromatic nitrogens is 1. The second-order valence-corrected chi connectivity index (χ2v) is 4.82. The minimum atomic E-state index is -0.531. The topological polar surface area (TPSA) is 130 Å². The highest BCUT2D eigenvalue weighted by molar-refractivity contribution is 5.89. The van der Waals surface area contributed by atoms with Crippen LogP contribution in [0.1, 0.15) is 5.56 Å². The zero-order chi connectivity index (χ0) is 17.5. The number of nitriles is 1. The standard InChI is InChI=1S/C15H15N5O4/c1-24-5-4-17-15(21)9-18-14-6-10(8-16)12-7-11(20(22)23)2-3-13(12)19-14/h2-3,6-7H,4-5,9H2,1H3,(H,17,21)(H,18,19). The summed E-state index contributed by atoms with van der Waals surface area (Å²) < 4.78 is 4.83. The summed E-state index contributed by atoms with van der Waals surface area (Å²) in [6.07, 6.45) is 0. The van der Waals surface area contributed by atoms with Crippen molar-refractivity contribution in [2.45, 2.75) is 0 Å². The molecular weight excluding hydrogens is 314 g/mol. The monoisotopic (exact) mass is 329 g/mol. The van der Waals surface area contributed by atoms with E-state index in [-0.39, 0.29) is 23.7 Å². The van der Waals surface area contributed by atoms with E-state index in [1.165, 1.54) is 31.4 Å². The number of carbonyl (C=O) groups excluding carboxylic acids is 1. The Kier molecular flexibility index (Phi) is 5.59. The number of hydrogen-bond acceptors (Lipinski definition) is 7. The van der Waals surface area contributed by atoms with E-state index in [1.807, 2.05) is 6.07 Å². The van der Waals surface area contributed by atoms with Crippen molar-refractivity contribution in [3.05, 3.63) is 39.9 Å². The van der Waals surface area contributed by atoms with Crippen molar-refractivity contribution >= 4 is 28.3 Å². The molecule has 0 fully saturated rings. The molecule has 1 aromatic heterocycles. The first-order valence-electron chi connectivity index (χ1n) is 7.04. The number of fused-ring (bicyclic) bond motifs is 1. The number of amides is 1. The number of carbonyl (C=O) groups is 1. The highest BCUT2D eigenvalue weighted by Gasteiger charge is 2.12. The predicted molar refractivity (Wildman–Crippen MR) is 86.5 cm³/mol. The molecule has 0 aliphatic rings. The van der Waals surface area contributed by atoms with Crippen LogP contribution in [0.25, 0.3) is 10.9 Å². The van der Waals surface area contributed by atoms with E-state index >= 15 is 0 Å². The van der Waals surface area contributed by atoms with Gasteiger partial charge in [0.2, 0.25) is 5.91 Å². The van der Waals surface area contributed by atoms with Crippen LogP contribution in [-0.4, -0.2) is 42.6 Å². The lowest BCUT2D eigenvalue weighted by Crippen LogP contribution is -2.32. The maximum absolute atomic E-state index is 11.6. The summed E-state index contributed by atoms with van der Waals surface area (Å²) in [5.41, 5.74) is 0.562. The first kappa shape index (κ1) is 17.1. The highest BCUT2D eigenvalue weighted by Crippen LogP contribution is 2.24. The van der Waals surface area contributed by atoms with Gasteiger partial charge in [-0.25, -0.2) is 4.98 Å². The van der Waals surface area contributed by atoms with Crippen LogP contribution in [0.3, 0.4) is 0 Å². The Morgan fingerprint density at radius 2 is 2.25 bits per heavy atom. The Morgan fingerprint density at radius 3 is 2.92 bits per heavy atom. The fourth-order valence-electron chi connectivity index (χ4n) is 2.04. The first-order chi connectivity index (χ1) is 11.5. The van der Waals surface area contributed by atoms with Crippen LogP contribution in [0, 0.1) is 21.4 Å². The summed E-state index contributed by atoms with van der Waals surface area (Å²) in [6.45, 7) is 0.798. The normalized spacial score (nSPS) is 10.2. The molecule has 0 spiro atoms. The van der Waals surface area contributed by atoms with Crippen molar-refractivity contribution in [3.8, 4) is 6.07 Å². The van der Waals surface area contributed by atoms with Crippen LogP contribution in [-0.2, 0) is 9.53 Å². The van der Waals surface area contributed by atoms with Gasteiger partial charge in [-0.2, -0.15) is 5.26 Å². The lowest BCUT2D eigenvalue weighted by atomic mass is 10.1. The van der Waals surface area contributed by atoms with Crippen LogP contribution in [0.4, 0.5) is 11.5 Å². The van der Waals surface area contributed by atoms with Crippen LogP contribution < -0.4 is 10.6 Å². The van der Waals surface area contributed by atoms with Crippen LogP contribution in [0.5, 0.6) is 0 Å². The third-order valence-electron chi connectivity index (χ3n) is 3.18. The zero-order valence-corrected chi connectivity index (χ0v) is 12.9. The van der Waals surface area contributed by atoms with Gasteiger partial charge in [0.15, 0.2) is 0 Å². The molecule has 2 rings (SSSR count). The van der Waals surface area contributed by atoms with Gasteiger partial charge in [-0.05, 0) is 12.1 Å². The number of anilines is 1. The minimum Gasteiger partial charge on any atom is -0.383 e. The molecule has 0 saturated heterocycles. The summed E-state index contributed by atoms with van der Waals surface area (Å²) in [4.78, 5) is 26.2. The van der Waals surface area contributed by atoms with Gasteiger partial charge < -0.3 is 15.4 Å². The molecule has 0 unspecified atom stereocenters. The Hall–Kier alpha value is -3.25. The molecule has 2 N–H and O–H groups in total. The number of methoxy groups -OCH3 is 1. The molecule has 9 heteroatoms. The fraction of sp³-hybridized carbons (Fsp3) is 0.267. The van der Waals surface area contributed by atoms with Gasteiger partial charge in [0, 0.05) is 31.2 Å². The number of nitrogens with one attached hydrogen (secondary N) is 2. The molecule has 1 amide bonds. The van der Waals surface area contributed by atoms with Gasteiger partial charge in [0.25, 0.3) is 5.69 Å². The number of non-ortho nitro benzene ring substituents is 1. The largest absolute Gasteiger partial charge is 0.383 e. The molecule has 0 aliphatic heterocycles. The van der Waals surface area contributed by atoms with Crippen LogP contribution >= 0.6 is 0 Å². The predicted octanol–water partition coefficient (Wildman–Crippen LogP) is 1.19. The molecular formula is C15H15N5O4. The number of benzene rings is 1. The molecule has 24 heavy (non-hydrogen) atoms. The molecule has 0 aliphatic carbocycles. The average molecular weight is 329 g/mol. The highest BCUT2D eigenvalue weighted by atomic mass is 16.6. The molecule has 0 saturated carbocycles. The Bertz CT molecular complexity index is 815. The number of nitrogens with zero attached hydrogens (tertiary/aromatic N) is 3. The van der Waals surface area contributed by atoms with Gasteiger partial charge in [0.05, 0.1) is 35.2 Å². The summed E-state index contributed by atoms with van der Waals surface area (Å²) in [5.74, 6) is 0.103. The van der Waals surface area contributed by atoms with Crippen molar-refractivity contribution < 1.29 is 14.5 Å². The summed E-state index contributed by atoms with van der Waals surface area (Å²) in [7, 11) is 1.54. The number of nitro benzene ring substituents is 1. The van der Waals surface area contributed by atoms with Gasteiger partial charge >= 0.3 is 0 Å². The van der Waals surface area contributed by atoms with E-state index in [0.29, 0.717) is 29.9 Å². The SMILES string of the molecule is COCCNC(=O)CNc1cc(C#N)c2cc([N+](=O)[O-])ccc2n1. The molecule has 0 atom stereocenters. The fourth-order valence-corrected chi connectivity index (χ4v) is 2.04. The van der Waals surface area contributed by atoms with Crippen molar-refractivity contribution in [3.63, 3.8) is 0 Å². The molecule has 1 aromatic carbocycles. The van der Waals surface area contributed by atoms with E-state index in [2.05, 4.69) is 15.6 Å². The second-order valence-electron chi connectivity index (χ2n) is 4.82. The number of ether oxygens (including phenoxy) is 1. The van der Waals surface area contributed by atoms with Crippen molar-refractivity contribution in [2.24, 2.45) is 0 Å². The summed E-state index contributed by atoms with van der Waals surface area (Å²) in [6, 6.07) is 7.53. The number of pyridine rings is 1. The maximum Gasteiger partial charge on any atom is 0.270 e. The first-order valence-corrected chi connectivity index (χ1v) is 7.04. The molecule has 0 bridgehead atoms. The van der Waals surface area contributed by atoms with Crippen molar-refractivity contribution in [1.82, 2.24) is 10.3 Å². The van der Waals surface area contributed by atoms with Crippen LogP contribution in [0.15, 0.2) is 24.3 Å². The molecule has 0 radical (unpaired) electrons. The van der Waals surface area contributed by atoms with E-state index in [4.69, 9.17) is 4.74 Å². The number of rotatable bonds is 7. The van der Waals surface area contributed by atoms with Gasteiger partial charge in [-0.1, -0.05) is 0 Å². The number of nitro groups is 1. The minimum absolute atomic E-state index is 0.0138. The Morgan fingerprint density at radius 1 is 1.46 bits per heavy atom. The van der Waals surface area contributed by atoms with Crippen molar-refractivity contribution in [2.75, 3.05) is 32.1 Å². The summed E-state index contributed by atoms with van der Waals surface area (Å²) in [5, 5.41) is 25.9. The van der Waals surface area contributed by atoms with Gasteiger partial charge in [-0.3, -0.25) is 14.9 Å². The van der Waals surface area contributed by atoms with Gasteiger partial charge in [0.1, 0.15) is 5.82 Å². The third kappa shape index (κ3) is 4.15.